The summed E-state index contributed by atoms with van der Waals surface area (Å²) in [6.07, 6.45) is 1.09. The van der Waals surface area contributed by atoms with Crippen LogP contribution in [-0.4, -0.2) is 42.6 Å². The van der Waals surface area contributed by atoms with E-state index in [1.54, 1.807) is 12.0 Å². The minimum Gasteiger partial charge on any atom is -0.393 e. The number of amides is 1. The Hall–Kier alpha value is -0.680. The molecule has 4 nitrogen and oxygen atoms in total. The third kappa shape index (κ3) is 9.06. The van der Waals surface area contributed by atoms with Gasteiger partial charge in [0.1, 0.15) is 0 Å². The first-order valence-corrected chi connectivity index (χ1v) is 6.22. The molecule has 0 aliphatic carbocycles. The van der Waals surface area contributed by atoms with Crippen molar-refractivity contribution in [2.75, 3.05) is 26.8 Å². The van der Waals surface area contributed by atoms with Gasteiger partial charge in [-0.2, -0.15) is 0 Å². The van der Waals surface area contributed by atoms with Gasteiger partial charge in [0, 0.05) is 33.0 Å². The molecule has 0 aromatic carbocycles. The number of rotatable bonds is 7. The van der Waals surface area contributed by atoms with E-state index >= 15 is 0 Å². The van der Waals surface area contributed by atoms with Gasteiger partial charge in [-0.25, -0.2) is 0 Å². The number of hydrogen-bond donors (Lipinski definition) is 1. The van der Waals surface area contributed by atoms with Crippen molar-refractivity contribution in [3.63, 3.8) is 0 Å². The molecule has 5 heteroatoms. The normalized spacial score (nSPS) is 11.3. The zero-order chi connectivity index (χ0) is 13.5. The van der Waals surface area contributed by atoms with E-state index in [1.807, 2.05) is 20.8 Å². The summed E-state index contributed by atoms with van der Waals surface area (Å²) in [7, 11) is 1.62. The second-order valence-electron chi connectivity index (χ2n) is 5.33. The van der Waals surface area contributed by atoms with E-state index in [1.165, 1.54) is 0 Å². The van der Waals surface area contributed by atoms with Crippen molar-refractivity contribution in [1.82, 2.24) is 4.90 Å². The van der Waals surface area contributed by atoms with Crippen molar-refractivity contribution in [2.45, 2.75) is 33.6 Å². The maximum absolute atomic E-state index is 12.1. The van der Waals surface area contributed by atoms with Crippen molar-refractivity contribution in [3.8, 4) is 0 Å². The van der Waals surface area contributed by atoms with Crippen LogP contribution in [0.25, 0.3) is 0 Å². The molecule has 0 spiro atoms. The summed E-state index contributed by atoms with van der Waals surface area (Å²) < 4.78 is 5.00. The molecule has 0 atom stereocenters. The molecule has 0 bridgehead atoms. The van der Waals surface area contributed by atoms with Crippen molar-refractivity contribution < 1.29 is 9.53 Å². The highest BCUT2D eigenvalue weighted by molar-refractivity contribution is 7.80. The van der Waals surface area contributed by atoms with E-state index in [2.05, 4.69) is 0 Å². The largest absolute Gasteiger partial charge is 0.393 e. The fraction of sp³-hybridized carbons (Fsp3) is 0.833. The van der Waals surface area contributed by atoms with Crippen LogP contribution in [0.5, 0.6) is 0 Å². The Kier molecular flexibility index (Phi) is 7.30. The molecule has 0 radical (unpaired) electrons. The molecule has 100 valence electrons. The second-order valence-corrected chi connectivity index (χ2v) is 5.85. The van der Waals surface area contributed by atoms with Gasteiger partial charge >= 0.3 is 0 Å². The van der Waals surface area contributed by atoms with Crippen LogP contribution in [0.2, 0.25) is 0 Å². The maximum Gasteiger partial charge on any atom is 0.223 e. The Morgan fingerprint density at radius 2 is 1.94 bits per heavy atom. The van der Waals surface area contributed by atoms with Crippen LogP contribution in [0.15, 0.2) is 0 Å². The first-order valence-electron chi connectivity index (χ1n) is 5.81. The van der Waals surface area contributed by atoms with Gasteiger partial charge in [0.25, 0.3) is 0 Å². The van der Waals surface area contributed by atoms with Gasteiger partial charge in [-0.3, -0.25) is 4.79 Å². The van der Waals surface area contributed by atoms with Gasteiger partial charge in [0.15, 0.2) is 0 Å². The van der Waals surface area contributed by atoms with Gasteiger partial charge in [0.05, 0.1) is 11.6 Å². The first-order chi connectivity index (χ1) is 7.76. The Labute approximate surface area is 109 Å². The molecule has 0 saturated heterocycles. The van der Waals surface area contributed by atoms with E-state index in [-0.39, 0.29) is 11.3 Å². The number of hydrogen-bond acceptors (Lipinski definition) is 3. The molecular formula is C12H24N2O2S. The molecular weight excluding hydrogens is 236 g/mol. The van der Waals surface area contributed by atoms with E-state index in [0.29, 0.717) is 37.5 Å². The number of thiocarbonyl (C=S) groups is 1. The van der Waals surface area contributed by atoms with Gasteiger partial charge in [-0.1, -0.05) is 33.0 Å². The summed E-state index contributed by atoms with van der Waals surface area (Å²) in [5.74, 6) is 0.130. The fourth-order valence-corrected chi connectivity index (χ4v) is 1.46. The standard InChI is InChI=1S/C12H24N2O2S/c1-12(2,3)9-11(15)14(7-8-16-4)6-5-10(13)17/h5-9H2,1-4H3,(H2,13,17). The number of nitrogens with two attached hydrogens (primary N) is 1. The summed E-state index contributed by atoms with van der Waals surface area (Å²) in [5.41, 5.74) is 5.45. The minimum atomic E-state index is -0.00830. The topological polar surface area (TPSA) is 55.6 Å². The summed E-state index contributed by atoms with van der Waals surface area (Å²) in [6, 6.07) is 0. The van der Waals surface area contributed by atoms with E-state index < -0.39 is 0 Å². The first kappa shape index (κ1) is 16.3. The van der Waals surface area contributed by atoms with Crippen LogP contribution < -0.4 is 5.73 Å². The SMILES string of the molecule is COCCN(CCC(N)=S)C(=O)CC(C)(C)C. The molecule has 0 rings (SSSR count). The lowest BCUT2D eigenvalue weighted by atomic mass is 9.91. The van der Waals surface area contributed by atoms with Crippen molar-refractivity contribution in [2.24, 2.45) is 11.1 Å². The van der Waals surface area contributed by atoms with Crippen LogP contribution in [0.4, 0.5) is 0 Å². The average molecular weight is 260 g/mol. The molecule has 2 N–H and O–H groups in total. The summed E-state index contributed by atoms with van der Waals surface area (Å²) in [4.78, 5) is 14.3. The predicted molar refractivity (Wildman–Crippen MR) is 73.9 cm³/mol. The Morgan fingerprint density at radius 1 is 1.35 bits per heavy atom. The van der Waals surface area contributed by atoms with Crippen LogP contribution in [0.1, 0.15) is 33.6 Å². The third-order valence-corrected chi connectivity index (χ3v) is 2.43. The molecule has 1 amide bonds. The molecule has 0 saturated carbocycles. The third-order valence-electron chi connectivity index (χ3n) is 2.23. The molecule has 0 unspecified atom stereocenters. The number of carbonyl (C=O) groups excluding carboxylic acids is 1. The monoisotopic (exact) mass is 260 g/mol. The smallest absolute Gasteiger partial charge is 0.223 e. The van der Waals surface area contributed by atoms with Crippen molar-refractivity contribution in [1.29, 1.82) is 0 Å². The van der Waals surface area contributed by atoms with E-state index in [9.17, 15) is 4.79 Å². The summed E-state index contributed by atoms with van der Waals surface area (Å²) in [5, 5.41) is 0. The lowest BCUT2D eigenvalue weighted by Crippen LogP contribution is -2.38. The highest BCUT2D eigenvalue weighted by Gasteiger charge is 2.20. The van der Waals surface area contributed by atoms with Crippen LogP contribution in [-0.2, 0) is 9.53 Å². The fourth-order valence-electron chi connectivity index (χ4n) is 1.37. The maximum atomic E-state index is 12.1. The quantitative estimate of drug-likeness (QED) is 0.706. The predicted octanol–water partition coefficient (Wildman–Crippen LogP) is 1.57. The minimum absolute atomic E-state index is 0.00830. The lowest BCUT2D eigenvalue weighted by Gasteiger charge is -2.26. The van der Waals surface area contributed by atoms with Crippen LogP contribution in [0.3, 0.4) is 0 Å². The van der Waals surface area contributed by atoms with Crippen LogP contribution >= 0.6 is 12.2 Å². The molecule has 0 heterocycles. The lowest BCUT2D eigenvalue weighted by molar-refractivity contribution is -0.133. The average Bonchev–Trinajstić information content (AvgIpc) is 2.14. The van der Waals surface area contributed by atoms with E-state index in [0.717, 1.165) is 0 Å². The molecule has 0 aliphatic rings. The molecule has 0 aromatic heterocycles. The zero-order valence-corrected chi connectivity index (χ0v) is 12.1. The molecule has 0 aromatic rings. The number of methoxy groups -OCH3 is 1. The Bertz CT molecular complexity index is 262. The van der Waals surface area contributed by atoms with Gasteiger partial charge in [-0.05, 0) is 5.41 Å². The highest BCUT2D eigenvalue weighted by Crippen LogP contribution is 2.19. The van der Waals surface area contributed by atoms with Crippen molar-refractivity contribution >= 4 is 23.1 Å². The Morgan fingerprint density at radius 3 is 2.35 bits per heavy atom. The summed E-state index contributed by atoms with van der Waals surface area (Å²) in [6.45, 7) is 7.85. The van der Waals surface area contributed by atoms with Crippen molar-refractivity contribution in [3.05, 3.63) is 0 Å². The van der Waals surface area contributed by atoms with Crippen LogP contribution in [0, 0.1) is 5.41 Å². The van der Waals surface area contributed by atoms with Gasteiger partial charge in [-0.15, -0.1) is 0 Å². The van der Waals surface area contributed by atoms with E-state index in [4.69, 9.17) is 22.7 Å². The second kappa shape index (κ2) is 7.61. The summed E-state index contributed by atoms with van der Waals surface area (Å²) >= 11 is 4.83. The Balaban J connectivity index is 4.33. The number of ether oxygens (including phenoxy) is 1. The zero-order valence-electron chi connectivity index (χ0n) is 11.3. The van der Waals surface area contributed by atoms with Gasteiger partial charge < -0.3 is 15.4 Å². The molecule has 0 aliphatic heterocycles. The highest BCUT2D eigenvalue weighted by atomic mass is 32.1. The van der Waals surface area contributed by atoms with Gasteiger partial charge in [0.2, 0.25) is 5.91 Å². The molecule has 17 heavy (non-hydrogen) atoms. The molecule has 0 fully saturated rings. The number of carbonyl (C=O) groups is 1. The number of nitrogens with zero attached hydrogens (tertiary/aromatic N) is 1.